The second kappa shape index (κ2) is 6.24. The molecule has 0 amide bonds. The molecule has 0 atom stereocenters. The van der Waals surface area contributed by atoms with Crippen LogP contribution in [0.3, 0.4) is 0 Å². The molecular formula is C19H16N2O5S. The lowest BCUT2D eigenvalue weighted by atomic mass is 10.1. The lowest BCUT2D eigenvalue weighted by molar-refractivity contribution is 0.0696. The monoisotopic (exact) mass is 384 g/mol. The van der Waals surface area contributed by atoms with E-state index in [9.17, 15) is 13.2 Å². The van der Waals surface area contributed by atoms with Crippen LogP contribution in [0, 0.1) is 0 Å². The molecule has 4 rings (SSSR count). The zero-order valence-electron chi connectivity index (χ0n) is 14.4. The minimum atomic E-state index is -3.82. The largest absolute Gasteiger partial charge is 0.497 e. The van der Waals surface area contributed by atoms with Crippen LogP contribution in [0.4, 0.5) is 5.82 Å². The van der Waals surface area contributed by atoms with Crippen molar-refractivity contribution in [3.8, 4) is 5.75 Å². The molecule has 3 aromatic rings. The van der Waals surface area contributed by atoms with Gasteiger partial charge in [-0.05, 0) is 60.5 Å². The van der Waals surface area contributed by atoms with Gasteiger partial charge in [0.25, 0.3) is 10.0 Å². The Labute approximate surface area is 155 Å². The molecular weight excluding hydrogens is 368 g/mol. The number of carboxylic acid groups (broad SMARTS) is 1. The molecule has 0 fully saturated rings. The van der Waals surface area contributed by atoms with Crippen LogP contribution in [0.1, 0.15) is 15.9 Å². The van der Waals surface area contributed by atoms with Crippen LogP contribution in [0.2, 0.25) is 0 Å². The fourth-order valence-electron chi connectivity index (χ4n) is 3.17. The molecule has 0 saturated heterocycles. The van der Waals surface area contributed by atoms with E-state index in [1.165, 1.54) is 28.6 Å². The zero-order chi connectivity index (χ0) is 19.2. The molecule has 138 valence electrons. The lowest BCUT2D eigenvalue weighted by Gasteiger charge is -2.19. The van der Waals surface area contributed by atoms with Crippen molar-refractivity contribution in [1.29, 1.82) is 0 Å². The second-order valence-electron chi connectivity index (χ2n) is 6.19. The summed E-state index contributed by atoms with van der Waals surface area (Å²) in [7, 11) is -2.23. The number of carbonyl (C=O) groups is 1. The summed E-state index contributed by atoms with van der Waals surface area (Å²) in [5.74, 6) is 0.0225. The number of hydrogen-bond acceptors (Lipinski definition) is 5. The van der Waals surface area contributed by atoms with E-state index in [0.29, 0.717) is 30.0 Å². The number of sulfonamides is 1. The van der Waals surface area contributed by atoms with Crippen molar-refractivity contribution in [2.75, 3.05) is 18.0 Å². The lowest BCUT2D eigenvalue weighted by Crippen LogP contribution is -2.29. The Balaban J connectivity index is 1.76. The smallest absolute Gasteiger partial charge is 0.335 e. The number of nitrogens with zero attached hydrogens (tertiary/aromatic N) is 2. The van der Waals surface area contributed by atoms with E-state index in [1.807, 2.05) is 12.1 Å². The normalized spacial score (nSPS) is 13.6. The van der Waals surface area contributed by atoms with Crippen molar-refractivity contribution in [3.05, 3.63) is 59.7 Å². The Morgan fingerprint density at radius 2 is 1.89 bits per heavy atom. The van der Waals surface area contributed by atoms with Gasteiger partial charge in [-0.15, -0.1) is 0 Å². The summed E-state index contributed by atoms with van der Waals surface area (Å²) in [6.45, 7) is 0.290. The summed E-state index contributed by atoms with van der Waals surface area (Å²) < 4.78 is 32.6. The van der Waals surface area contributed by atoms with Gasteiger partial charge in [0.05, 0.1) is 23.1 Å². The van der Waals surface area contributed by atoms with Crippen molar-refractivity contribution in [1.82, 2.24) is 4.98 Å². The first kappa shape index (κ1) is 17.3. The molecule has 0 spiro atoms. The van der Waals surface area contributed by atoms with Gasteiger partial charge in [0.1, 0.15) is 11.6 Å². The Kier molecular flexibility index (Phi) is 4.00. The minimum Gasteiger partial charge on any atom is -0.497 e. The maximum atomic E-state index is 13.0. The van der Waals surface area contributed by atoms with Gasteiger partial charge >= 0.3 is 5.97 Å². The summed E-state index contributed by atoms with van der Waals surface area (Å²) in [5.41, 5.74) is 1.56. The van der Waals surface area contributed by atoms with E-state index in [2.05, 4.69) is 4.98 Å². The maximum absolute atomic E-state index is 13.0. The number of fused-ring (bicyclic) bond motifs is 2. The standard InChI is InChI=1S/C19H16N2O5S/c1-26-15-4-7-17-14(11-15)10-13-8-9-21(18(13)20-17)27(24,25)16-5-2-12(3-6-16)19(22)23/h2-7,10-11H,8-9H2,1H3,(H,22,23). The molecule has 2 heterocycles. The number of pyridine rings is 1. The van der Waals surface area contributed by atoms with Crippen LogP contribution in [0.15, 0.2) is 53.4 Å². The number of benzene rings is 2. The molecule has 8 heteroatoms. The van der Waals surface area contributed by atoms with Crippen LogP contribution >= 0.6 is 0 Å². The first-order chi connectivity index (χ1) is 12.9. The van der Waals surface area contributed by atoms with Crippen LogP contribution in [0.25, 0.3) is 10.9 Å². The highest BCUT2D eigenvalue weighted by atomic mass is 32.2. The summed E-state index contributed by atoms with van der Waals surface area (Å²) in [5, 5.41) is 9.87. The third kappa shape index (κ3) is 2.87. The Bertz CT molecular complexity index is 1160. The molecule has 0 aliphatic carbocycles. The van der Waals surface area contributed by atoms with Crippen LogP contribution in [-0.4, -0.2) is 38.1 Å². The predicted octanol–water partition coefficient (Wildman–Crippen LogP) is 2.69. The number of rotatable bonds is 4. The molecule has 1 aromatic heterocycles. The average molecular weight is 384 g/mol. The minimum absolute atomic E-state index is 0.0360. The SMILES string of the molecule is COc1ccc2nc3c(cc2c1)CCN3S(=O)(=O)c1ccc(C(=O)O)cc1. The van der Waals surface area contributed by atoms with Gasteiger partial charge in [0, 0.05) is 11.9 Å². The van der Waals surface area contributed by atoms with Crippen molar-refractivity contribution in [2.45, 2.75) is 11.3 Å². The van der Waals surface area contributed by atoms with E-state index in [1.54, 1.807) is 19.2 Å². The summed E-state index contributed by atoms with van der Waals surface area (Å²) in [6.07, 6.45) is 0.557. The van der Waals surface area contributed by atoms with E-state index >= 15 is 0 Å². The molecule has 2 aromatic carbocycles. The Morgan fingerprint density at radius 1 is 1.15 bits per heavy atom. The third-order valence-electron chi connectivity index (χ3n) is 4.59. The summed E-state index contributed by atoms with van der Waals surface area (Å²) in [6, 6.07) is 12.6. The number of methoxy groups -OCH3 is 1. The highest BCUT2D eigenvalue weighted by Gasteiger charge is 2.32. The molecule has 7 nitrogen and oxygen atoms in total. The summed E-state index contributed by atoms with van der Waals surface area (Å²) >= 11 is 0. The van der Waals surface area contributed by atoms with Crippen LogP contribution < -0.4 is 9.04 Å². The fraction of sp³-hybridized carbons (Fsp3) is 0.158. The molecule has 27 heavy (non-hydrogen) atoms. The topological polar surface area (TPSA) is 96.8 Å². The number of hydrogen-bond donors (Lipinski definition) is 1. The van der Waals surface area contributed by atoms with Crippen molar-refractivity contribution in [2.24, 2.45) is 0 Å². The molecule has 1 aliphatic rings. The quantitative estimate of drug-likeness (QED) is 0.743. The first-order valence-corrected chi connectivity index (χ1v) is 9.68. The Morgan fingerprint density at radius 3 is 2.56 bits per heavy atom. The van der Waals surface area contributed by atoms with Crippen molar-refractivity contribution in [3.63, 3.8) is 0 Å². The van der Waals surface area contributed by atoms with E-state index in [4.69, 9.17) is 9.84 Å². The molecule has 0 saturated carbocycles. The van der Waals surface area contributed by atoms with Crippen molar-refractivity contribution >= 4 is 32.7 Å². The number of anilines is 1. The van der Waals surface area contributed by atoms with Gasteiger partial charge in [-0.2, -0.15) is 0 Å². The van der Waals surface area contributed by atoms with Crippen molar-refractivity contribution < 1.29 is 23.1 Å². The maximum Gasteiger partial charge on any atom is 0.335 e. The predicted molar refractivity (Wildman–Crippen MR) is 99.9 cm³/mol. The fourth-order valence-corrected chi connectivity index (χ4v) is 4.63. The van der Waals surface area contributed by atoms with Gasteiger partial charge in [-0.1, -0.05) is 0 Å². The number of carboxylic acids is 1. The van der Waals surface area contributed by atoms with E-state index < -0.39 is 16.0 Å². The third-order valence-corrected chi connectivity index (χ3v) is 6.39. The van der Waals surface area contributed by atoms with E-state index in [-0.39, 0.29) is 10.5 Å². The molecule has 1 N–H and O–H groups in total. The zero-order valence-corrected chi connectivity index (χ0v) is 15.2. The van der Waals surface area contributed by atoms with E-state index in [0.717, 1.165) is 10.9 Å². The molecule has 0 bridgehead atoms. The highest BCUT2D eigenvalue weighted by Crippen LogP contribution is 2.34. The highest BCUT2D eigenvalue weighted by molar-refractivity contribution is 7.92. The van der Waals surface area contributed by atoms with Gasteiger partial charge in [0.2, 0.25) is 0 Å². The second-order valence-corrected chi connectivity index (χ2v) is 8.05. The number of aromatic carboxylic acids is 1. The molecule has 1 aliphatic heterocycles. The summed E-state index contributed by atoms with van der Waals surface area (Å²) in [4.78, 5) is 15.6. The first-order valence-electron chi connectivity index (χ1n) is 8.24. The number of aromatic nitrogens is 1. The average Bonchev–Trinajstić information content (AvgIpc) is 3.09. The Hall–Kier alpha value is -3.13. The van der Waals surface area contributed by atoms with Gasteiger partial charge in [-0.3, -0.25) is 0 Å². The van der Waals surface area contributed by atoms with Gasteiger partial charge in [0.15, 0.2) is 0 Å². The number of ether oxygens (including phenoxy) is 1. The molecule has 0 unspecified atom stereocenters. The van der Waals surface area contributed by atoms with Crippen LogP contribution in [0.5, 0.6) is 5.75 Å². The molecule has 0 radical (unpaired) electrons. The van der Waals surface area contributed by atoms with Gasteiger partial charge < -0.3 is 9.84 Å². The van der Waals surface area contributed by atoms with Gasteiger partial charge in [-0.25, -0.2) is 22.5 Å². The van der Waals surface area contributed by atoms with Crippen LogP contribution in [-0.2, 0) is 16.4 Å².